The topological polar surface area (TPSA) is 58.7 Å². The minimum atomic E-state index is -0.957. The van der Waals surface area contributed by atoms with Gasteiger partial charge in [0.25, 0.3) is 0 Å². The fourth-order valence-corrected chi connectivity index (χ4v) is 5.10. The Hall–Kier alpha value is -2.97. The number of piperazine rings is 1. The highest BCUT2D eigenvalue weighted by Gasteiger charge is 2.51. The number of hydrogen-bond donors (Lipinski definition) is 0. The Kier molecular flexibility index (Phi) is 3.73. The number of carbonyl (C=O) groups excluding carboxylic acids is 1. The number of fused-ring (bicyclic) bond motifs is 3. The highest BCUT2D eigenvalue weighted by atomic mass is 19.1. The van der Waals surface area contributed by atoms with E-state index < -0.39 is 12.1 Å². The fourth-order valence-electron chi connectivity index (χ4n) is 5.10. The van der Waals surface area contributed by atoms with Crippen LogP contribution in [-0.4, -0.2) is 61.5 Å². The largest absolute Gasteiger partial charge is 0.366 e. The van der Waals surface area contributed by atoms with Gasteiger partial charge in [-0.1, -0.05) is 0 Å². The lowest BCUT2D eigenvalue weighted by Gasteiger charge is -2.42. The monoisotopic (exact) mass is 412 g/mol. The quantitative estimate of drug-likeness (QED) is 0.663. The minimum absolute atomic E-state index is 0.00782. The van der Waals surface area contributed by atoms with Crippen molar-refractivity contribution in [3.8, 4) is 11.1 Å². The molecule has 0 spiro atoms. The maximum Gasteiger partial charge on any atom is 0.229 e. The fraction of sp³-hybridized carbons (Fsp3) is 0.476. The van der Waals surface area contributed by atoms with Crippen molar-refractivity contribution in [1.82, 2.24) is 24.3 Å². The number of anilines is 1. The van der Waals surface area contributed by atoms with Crippen molar-refractivity contribution in [2.75, 3.05) is 18.0 Å². The Morgan fingerprint density at radius 2 is 1.93 bits per heavy atom. The predicted molar refractivity (Wildman–Crippen MR) is 106 cm³/mol. The SMILES string of the molecule is Cn1ncc(-c2cc3c(N4CC5CCC(C4)N5C(=O)[C@@H]4C[C@H]4F)ccnn3c2)c1F. The van der Waals surface area contributed by atoms with E-state index in [9.17, 15) is 13.6 Å². The van der Waals surface area contributed by atoms with E-state index in [1.807, 2.05) is 23.2 Å². The summed E-state index contributed by atoms with van der Waals surface area (Å²) in [7, 11) is 1.57. The third kappa shape index (κ3) is 2.57. The van der Waals surface area contributed by atoms with Crippen LogP contribution in [0.2, 0.25) is 0 Å². The second kappa shape index (κ2) is 6.26. The van der Waals surface area contributed by atoms with Crippen LogP contribution in [0, 0.1) is 11.9 Å². The van der Waals surface area contributed by atoms with Gasteiger partial charge in [0.15, 0.2) is 0 Å². The molecule has 2 bridgehead atoms. The van der Waals surface area contributed by atoms with Gasteiger partial charge in [-0.3, -0.25) is 4.79 Å². The van der Waals surface area contributed by atoms with Gasteiger partial charge in [-0.25, -0.2) is 13.6 Å². The van der Waals surface area contributed by atoms with Crippen LogP contribution in [-0.2, 0) is 11.8 Å². The molecule has 156 valence electrons. The maximum atomic E-state index is 14.4. The number of alkyl halides is 1. The molecule has 3 aromatic rings. The van der Waals surface area contributed by atoms with Crippen molar-refractivity contribution in [1.29, 1.82) is 0 Å². The average Bonchev–Trinajstić information content (AvgIpc) is 3.03. The highest BCUT2D eigenvalue weighted by molar-refractivity contribution is 5.84. The van der Waals surface area contributed by atoms with Crippen molar-refractivity contribution in [2.24, 2.45) is 13.0 Å². The Bertz CT molecular complexity index is 1140. The molecule has 2 aliphatic heterocycles. The molecule has 0 N–H and O–H groups in total. The maximum absolute atomic E-state index is 14.4. The number of carbonyl (C=O) groups is 1. The van der Waals surface area contributed by atoms with Gasteiger partial charge in [-0.15, -0.1) is 0 Å². The average molecular weight is 412 g/mol. The van der Waals surface area contributed by atoms with E-state index in [4.69, 9.17) is 0 Å². The van der Waals surface area contributed by atoms with Crippen molar-refractivity contribution in [3.05, 3.63) is 36.7 Å². The van der Waals surface area contributed by atoms with Gasteiger partial charge in [-0.05, 0) is 31.4 Å². The summed E-state index contributed by atoms with van der Waals surface area (Å²) in [5.41, 5.74) is 3.06. The molecule has 3 aliphatic rings. The van der Waals surface area contributed by atoms with Crippen molar-refractivity contribution < 1.29 is 13.6 Å². The summed E-state index contributed by atoms with van der Waals surface area (Å²) in [4.78, 5) is 16.9. The van der Waals surface area contributed by atoms with Crippen LogP contribution in [0.25, 0.3) is 16.6 Å². The van der Waals surface area contributed by atoms with Crippen molar-refractivity contribution in [3.63, 3.8) is 0 Å². The summed E-state index contributed by atoms with van der Waals surface area (Å²) >= 11 is 0. The van der Waals surface area contributed by atoms with E-state index in [2.05, 4.69) is 15.1 Å². The molecule has 9 heteroatoms. The summed E-state index contributed by atoms with van der Waals surface area (Å²) in [5.74, 6) is -0.815. The second-order valence-electron chi connectivity index (χ2n) is 8.64. The normalized spacial score (nSPS) is 27.8. The summed E-state index contributed by atoms with van der Waals surface area (Å²) in [6.07, 6.45) is 6.38. The Morgan fingerprint density at radius 1 is 1.20 bits per heavy atom. The smallest absolute Gasteiger partial charge is 0.229 e. The van der Waals surface area contributed by atoms with Crippen LogP contribution in [0.15, 0.2) is 30.7 Å². The Morgan fingerprint density at radius 3 is 2.57 bits per heavy atom. The zero-order valence-electron chi connectivity index (χ0n) is 16.6. The number of aromatic nitrogens is 4. The molecule has 1 saturated carbocycles. The molecule has 7 nitrogen and oxygen atoms in total. The third-order valence-corrected chi connectivity index (χ3v) is 6.77. The Labute approximate surface area is 171 Å². The van der Waals surface area contributed by atoms with Gasteiger partial charge in [0.1, 0.15) is 6.17 Å². The van der Waals surface area contributed by atoms with Crippen LogP contribution < -0.4 is 4.90 Å². The Balaban J connectivity index is 1.32. The molecule has 3 aromatic heterocycles. The number of halogens is 2. The van der Waals surface area contributed by atoms with Crippen molar-refractivity contribution in [2.45, 2.75) is 37.5 Å². The molecule has 1 aliphatic carbocycles. The van der Waals surface area contributed by atoms with Gasteiger partial charge in [0.2, 0.25) is 11.9 Å². The first-order valence-electron chi connectivity index (χ1n) is 10.4. The van der Waals surface area contributed by atoms with E-state index in [0.29, 0.717) is 25.1 Å². The molecule has 2 unspecified atom stereocenters. The summed E-state index contributed by atoms with van der Waals surface area (Å²) in [6, 6.07) is 4.12. The van der Waals surface area contributed by atoms with Crippen LogP contribution >= 0.6 is 0 Å². The number of rotatable bonds is 3. The second-order valence-corrected chi connectivity index (χ2v) is 8.64. The van der Waals surface area contributed by atoms with Gasteiger partial charge in [-0.2, -0.15) is 14.6 Å². The first-order valence-corrected chi connectivity index (χ1v) is 10.4. The number of hydrogen-bond acceptors (Lipinski definition) is 4. The standard InChI is InChI=1S/C21H22F2N6O/c1-26-20(23)16(8-25-26)12-6-19-18(4-5-24-28(19)9-12)27-10-13-2-3-14(11-27)29(13)21(30)15-7-17(15)22/h4-6,8-9,13-15,17H,2-3,7,10-11H2,1H3/t13?,14?,15-,17-/m1/s1. The molecule has 0 radical (unpaired) electrons. The molecule has 2 saturated heterocycles. The number of amides is 1. The molecule has 0 aromatic carbocycles. The van der Waals surface area contributed by atoms with Crippen LogP contribution in [0.1, 0.15) is 19.3 Å². The summed E-state index contributed by atoms with van der Waals surface area (Å²) < 4.78 is 30.8. The summed E-state index contributed by atoms with van der Waals surface area (Å²) in [5, 5.41) is 8.38. The minimum Gasteiger partial charge on any atom is -0.366 e. The predicted octanol–water partition coefficient (Wildman–Crippen LogP) is 2.41. The molecule has 30 heavy (non-hydrogen) atoms. The van der Waals surface area contributed by atoms with Crippen LogP contribution in [0.3, 0.4) is 0 Å². The van der Waals surface area contributed by atoms with Crippen LogP contribution in [0.4, 0.5) is 14.5 Å². The molecular formula is C21H22F2N6O. The third-order valence-electron chi connectivity index (χ3n) is 6.77. The molecule has 3 fully saturated rings. The van der Waals surface area contributed by atoms with E-state index in [1.165, 1.54) is 10.9 Å². The van der Waals surface area contributed by atoms with Gasteiger partial charge in [0.05, 0.1) is 28.9 Å². The van der Waals surface area contributed by atoms with E-state index in [1.54, 1.807) is 17.8 Å². The highest BCUT2D eigenvalue weighted by Crippen LogP contribution is 2.41. The number of aryl methyl sites for hydroxylation is 1. The van der Waals surface area contributed by atoms with E-state index in [-0.39, 0.29) is 23.9 Å². The zero-order chi connectivity index (χ0) is 20.6. The lowest BCUT2D eigenvalue weighted by Crippen LogP contribution is -2.56. The van der Waals surface area contributed by atoms with E-state index >= 15 is 0 Å². The van der Waals surface area contributed by atoms with Gasteiger partial charge < -0.3 is 9.80 Å². The first kappa shape index (κ1) is 17.9. The van der Waals surface area contributed by atoms with E-state index in [0.717, 1.165) is 29.6 Å². The molecule has 1 amide bonds. The van der Waals surface area contributed by atoms with Crippen molar-refractivity contribution >= 4 is 17.1 Å². The lowest BCUT2D eigenvalue weighted by molar-refractivity contribution is -0.136. The first-order chi connectivity index (χ1) is 14.5. The van der Waals surface area contributed by atoms with Gasteiger partial charge >= 0.3 is 0 Å². The molecule has 4 atom stereocenters. The van der Waals surface area contributed by atoms with Crippen LogP contribution in [0.5, 0.6) is 0 Å². The van der Waals surface area contributed by atoms with Gasteiger partial charge in [0, 0.05) is 50.2 Å². The zero-order valence-corrected chi connectivity index (χ0v) is 16.6. The lowest BCUT2D eigenvalue weighted by atomic mass is 10.1. The molecular weight excluding hydrogens is 390 g/mol. The summed E-state index contributed by atoms with van der Waals surface area (Å²) in [6.45, 7) is 1.43. The number of nitrogens with zero attached hydrogens (tertiary/aromatic N) is 6. The molecule has 5 heterocycles. The molecule has 6 rings (SSSR count).